The molecule has 1 aromatic carbocycles. The van der Waals surface area contributed by atoms with Gasteiger partial charge in [0.2, 0.25) is 5.91 Å². The molecule has 0 bridgehead atoms. The van der Waals surface area contributed by atoms with Gasteiger partial charge in [-0.3, -0.25) is 9.48 Å². The molecule has 0 saturated carbocycles. The molecular weight excluding hydrogens is 266 g/mol. The minimum Gasteiger partial charge on any atom is -0.492 e. The summed E-state index contributed by atoms with van der Waals surface area (Å²) in [6.45, 7) is 3.09. The van der Waals surface area contributed by atoms with Gasteiger partial charge < -0.3 is 10.1 Å². The number of nitrogens with zero attached hydrogens (tertiary/aromatic N) is 2. The van der Waals surface area contributed by atoms with Crippen LogP contribution >= 0.6 is 0 Å². The number of carbonyl (C=O) groups excluding carboxylic acids is 1. The van der Waals surface area contributed by atoms with E-state index >= 15 is 0 Å². The highest BCUT2D eigenvalue weighted by Gasteiger charge is 2.26. The summed E-state index contributed by atoms with van der Waals surface area (Å²) in [5.41, 5.74) is 1.10. The summed E-state index contributed by atoms with van der Waals surface area (Å²) in [7, 11) is 0. The zero-order valence-corrected chi connectivity index (χ0v) is 12.0. The number of hydrogen-bond acceptors (Lipinski definition) is 3. The van der Waals surface area contributed by atoms with Gasteiger partial charge in [-0.25, -0.2) is 0 Å². The van der Waals surface area contributed by atoms with Gasteiger partial charge in [0.05, 0.1) is 12.5 Å². The van der Waals surface area contributed by atoms with Crippen LogP contribution in [0.3, 0.4) is 0 Å². The van der Waals surface area contributed by atoms with Crippen LogP contribution in [-0.4, -0.2) is 28.3 Å². The molecule has 0 unspecified atom stereocenters. The van der Waals surface area contributed by atoms with Gasteiger partial charge in [-0.15, -0.1) is 0 Å². The highest BCUT2D eigenvalue weighted by molar-refractivity contribution is 5.79. The zero-order chi connectivity index (χ0) is 14.7. The van der Waals surface area contributed by atoms with E-state index in [4.69, 9.17) is 4.74 Å². The quantitative estimate of drug-likeness (QED) is 0.929. The van der Waals surface area contributed by atoms with Gasteiger partial charge in [0.25, 0.3) is 0 Å². The molecule has 5 nitrogen and oxygen atoms in total. The smallest absolute Gasteiger partial charge is 0.227 e. The fourth-order valence-corrected chi connectivity index (χ4v) is 2.59. The first-order valence-electron chi connectivity index (χ1n) is 7.21. The molecule has 1 aliphatic rings. The van der Waals surface area contributed by atoms with Crippen LogP contribution in [0.4, 0.5) is 0 Å². The number of para-hydroxylation sites is 1. The SMILES string of the molecule is C[C@H](Cn1cccn1)NC(=O)[C@H]1COc2ccccc2C1. The Morgan fingerprint density at radius 1 is 1.48 bits per heavy atom. The van der Waals surface area contributed by atoms with Crippen molar-refractivity contribution >= 4 is 5.91 Å². The van der Waals surface area contributed by atoms with Crippen molar-refractivity contribution in [3.05, 3.63) is 48.3 Å². The first kappa shape index (κ1) is 13.7. The molecule has 3 rings (SSSR count). The molecule has 110 valence electrons. The third kappa shape index (κ3) is 3.24. The van der Waals surface area contributed by atoms with Crippen LogP contribution in [0.5, 0.6) is 5.75 Å². The Labute approximate surface area is 123 Å². The van der Waals surface area contributed by atoms with E-state index in [1.54, 1.807) is 6.20 Å². The van der Waals surface area contributed by atoms with Gasteiger partial charge in [0, 0.05) is 18.4 Å². The van der Waals surface area contributed by atoms with E-state index in [1.165, 1.54) is 0 Å². The summed E-state index contributed by atoms with van der Waals surface area (Å²) < 4.78 is 7.48. The summed E-state index contributed by atoms with van der Waals surface area (Å²) in [5.74, 6) is 0.815. The summed E-state index contributed by atoms with van der Waals surface area (Å²) in [5, 5.41) is 7.19. The average molecular weight is 285 g/mol. The van der Waals surface area contributed by atoms with Crippen molar-refractivity contribution in [2.24, 2.45) is 5.92 Å². The lowest BCUT2D eigenvalue weighted by molar-refractivity contribution is -0.127. The van der Waals surface area contributed by atoms with Crippen LogP contribution in [0.2, 0.25) is 0 Å². The number of aromatic nitrogens is 2. The first-order valence-corrected chi connectivity index (χ1v) is 7.21. The molecular formula is C16H19N3O2. The Kier molecular flexibility index (Phi) is 3.90. The second-order valence-corrected chi connectivity index (χ2v) is 5.46. The molecule has 0 radical (unpaired) electrons. The van der Waals surface area contributed by atoms with E-state index in [0.717, 1.165) is 17.7 Å². The van der Waals surface area contributed by atoms with Crippen LogP contribution in [0.15, 0.2) is 42.7 Å². The van der Waals surface area contributed by atoms with Crippen molar-refractivity contribution in [3.63, 3.8) is 0 Å². The lowest BCUT2D eigenvalue weighted by Crippen LogP contribution is -2.43. The standard InChI is InChI=1S/C16H19N3O2/c1-12(10-19-8-4-7-17-19)18-16(20)14-9-13-5-2-3-6-15(13)21-11-14/h2-8,12,14H,9-11H2,1H3,(H,18,20)/t12-,14-/m1/s1. The summed E-state index contributed by atoms with van der Waals surface area (Å²) in [4.78, 5) is 12.3. The predicted octanol–water partition coefficient (Wildman–Crippen LogP) is 1.64. The van der Waals surface area contributed by atoms with Crippen LogP contribution in [0.25, 0.3) is 0 Å². The average Bonchev–Trinajstić information content (AvgIpc) is 2.99. The van der Waals surface area contributed by atoms with Crippen LogP contribution in [0.1, 0.15) is 12.5 Å². The molecule has 2 aromatic rings. The Morgan fingerprint density at radius 2 is 2.33 bits per heavy atom. The third-order valence-corrected chi connectivity index (χ3v) is 3.66. The molecule has 1 amide bonds. The minimum atomic E-state index is -0.125. The maximum Gasteiger partial charge on any atom is 0.227 e. The van der Waals surface area contributed by atoms with Crippen LogP contribution in [-0.2, 0) is 17.8 Å². The largest absolute Gasteiger partial charge is 0.492 e. The number of ether oxygens (including phenoxy) is 1. The van der Waals surface area contributed by atoms with Crippen molar-refractivity contribution < 1.29 is 9.53 Å². The fraction of sp³-hybridized carbons (Fsp3) is 0.375. The highest BCUT2D eigenvalue weighted by Crippen LogP contribution is 2.26. The van der Waals surface area contributed by atoms with Gasteiger partial charge in [-0.1, -0.05) is 18.2 Å². The Bertz CT molecular complexity index is 610. The number of carbonyl (C=O) groups is 1. The topological polar surface area (TPSA) is 56.2 Å². The molecule has 0 saturated heterocycles. The number of rotatable bonds is 4. The van der Waals surface area contributed by atoms with E-state index in [0.29, 0.717) is 13.2 Å². The van der Waals surface area contributed by atoms with Gasteiger partial charge in [0.15, 0.2) is 0 Å². The molecule has 2 atom stereocenters. The zero-order valence-electron chi connectivity index (χ0n) is 12.0. The minimum absolute atomic E-state index is 0.0366. The molecule has 21 heavy (non-hydrogen) atoms. The summed E-state index contributed by atoms with van der Waals surface area (Å²) in [6.07, 6.45) is 4.36. The lowest BCUT2D eigenvalue weighted by Gasteiger charge is -2.25. The van der Waals surface area contributed by atoms with E-state index in [9.17, 15) is 4.79 Å². The second kappa shape index (κ2) is 5.99. The molecule has 0 fully saturated rings. The van der Waals surface area contributed by atoms with Crippen LogP contribution in [0, 0.1) is 5.92 Å². The summed E-state index contributed by atoms with van der Waals surface area (Å²) in [6, 6.07) is 9.80. The molecule has 1 aromatic heterocycles. The number of amides is 1. The highest BCUT2D eigenvalue weighted by atomic mass is 16.5. The van der Waals surface area contributed by atoms with Gasteiger partial charge in [0.1, 0.15) is 12.4 Å². The van der Waals surface area contributed by atoms with Crippen molar-refractivity contribution in [2.75, 3.05) is 6.61 Å². The van der Waals surface area contributed by atoms with Crippen molar-refractivity contribution in [3.8, 4) is 5.75 Å². The van der Waals surface area contributed by atoms with E-state index in [-0.39, 0.29) is 17.9 Å². The van der Waals surface area contributed by atoms with E-state index < -0.39 is 0 Å². The maximum absolute atomic E-state index is 12.3. The third-order valence-electron chi connectivity index (χ3n) is 3.66. The molecule has 1 N–H and O–H groups in total. The fourth-order valence-electron chi connectivity index (χ4n) is 2.59. The number of benzene rings is 1. The number of hydrogen-bond donors (Lipinski definition) is 1. The van der Waals surface area contributed by atoms with E-state index in [1.807, 2.05) is 48.1 Å². The van der Waals surface area contributed by atoms with E-state index in [2.05, 4.69) is 10.4 Å². The molecule has 0 spiro atoms. The summed E-state index contributed by atoms with van der Waals surface area (Å²) >= 11 is 0. The van der Waals surface area contributed by atoms with Crippen molar-refractivity contribution in [1.82, 2.24) is 15.1 Å². The van der Waals surface area contributed by atoms with Gasteiger partial charge >= 0.3 is 0 Å². The molecule has 1 aliphatic heterocycles. The Morgan fingerprint density at radius 3 is 3.14 bits per heavy atom. The second-order valence-electron chi connectivity index (χ2n) is 5.46. The molecule has 5 heteroatoms. The lowest BCUT2D eigenvalue weighted by atomic mass is 9.96. The van der Waals surface area contributed by atoms with Gasteiger partial charge in [-0.2, -0.15) is 5.10 Å². The van der Waals surface area contributed by atoms with Crippen molar-refractivity contribution in [2.45, 2.75) is 25.9 Å². The molecule has 2 heterocycles. The van der Waals surface area contributed by atoms with Crippen molar-refractivity contribution in [1.29, 1.82) is 0 Å². The van der Waals surface area contributed by atoms with Crippen LogP contribution < -0.4 is 10.1 Å². The normalized spacial score (nSPS) is 18.4. The Balaban J connectivity index is 1.56. The maximum atomic E-state index is 12.3. The monoisotopic (exact) mass is 285 g/mol. The number of nitrogens with one attached hydrogen (secondary N) is 1. The first-order chi connectivity index (χ1) is 10.2. The van der Waals surface area contributed by atoms with Gasteiger partial charge in [-0.05, 0) is 31.0 Å². The molecule has 0 aliphatic carbocycles. The number of fused-ring (bicyclic) bond motifs is 1. The Hall–Kier alpha value is -2.30. The predicted molar refractivity (Wildman–Crippen MR) is 79.0 cm³/mol.